The predicted octanol–water partition coefficient (Wildman–Crippen LogP) is -0.425. The van der Waals surface area contributed by atoms with Crippen LogP contribution in [0.25, 0.3) is 0 Å². The first-order chi connectivity index (χ1) is 6.65. The van der Waals surface area contributed by atoms with E-state index in [0.717, 1.165) is 13.0 Å². The molecule has 1 fully saturated rings. The summed E-state index contributed by atoms with van der Waals surface area (Å²) in [6, 6.07) is 0. The van der Waals surface area contributed by atoms with Gasteiger partial charge in [0.05, 0.1) is 12.2 Å². The van der Waals surface area contributed by atoms with Gasteiger partial charge in [-0.15, -0.1) is 0 Å². The Morgan fingerprint density at radius 1 is 1.07 bits per heavy atom. The van der Waals surface area contributed by atoms with E-state index in [1.54, 1.807) is 0 Å². The zero-order chi connectivity index (χ0) is 10.6. The Morgan fingerprint density at radius 2 is 1.64 bits per heavy atom. The Morgan fingerprint density at radius 3 is 2.14 bits per heavy atom. The molecule has 1 aliphatic heterocycles. The first kappa shape index (κ1) is 11.9. The van der Waals surface area contributed by atoms with Crippen molar-refractivity contribution in [2.24, 2.45) is 0 Å². The van der Waals surface area contributed by atoms with Crippen LogP contribution in [0.5, 0.6) is 0 Å². The summed E-state index contributed by atoms with van der Waals surface area (Å²) >= 11 is 0. The SMILES string of the molecule is CCCCCN1C[C@@H](O)C(O)[C@@H](O)C1. The van der Waals surface area contributed by atoms with Gasteiger partial charge in [0.2, 0.25) is 0 Å². The Hall–Kier alpha value is -0.160. The summed E-state index contributed by atoms with van der Waals surface area (Å²) in [5, 5.41) is 28.2. The number of unbranched alkanes of at least 4 members (excludes halogenated alkanes) is 2. The van der Waals surface area contributed by atoms with Crippen molar-refractivity contribution in [3.8, 4) is 0 Å². The zero-order valence-electron chi connectivity index (χ0n) is 8.76. The number of piperidine rings is 1. The van der Waals surface area contributed by atoms with Crippen molar-refractivity contribution in [3.63, 3.8) is 0 Å². The van der Waals surface area contributed by atoms with Gasteiger partial charge in [0.15, 0.2) is 0 Å². The molecule has 0 saturated carbocycles. The number of hydrogen-bond acceptors (Lipinski definition) is 4. The second-order valence-corrected chi connectivity index (χ2v) is 4.09. The molecule has 14 heavy (non-hydrogen) atoms. The highest BCUT2D eigenvalue weighted by Crippen LogP contribution is 2.12. The second-order valence-electron chi connectivity index (χ2n) is 4.09. The van der Waals surface area contributed by atoms with Gasteiger partial charge in [-0.05, 0) is 13.0 Å². The smallest absolute Gasteiger partial charge is 0.108 e. The van der Waals surface area contributed by atoms with Crippen molar-refractivity contribution in [2.75, 3.05) is 19.6 Å². The van der Waals surface area contributed by atoms with Gasteiger partial charge in [-0.3, -0.25) is 4.90 Å². The molecule has 1 rings (SSSR count). The first-order valence-corrected chi connectivity index (χ1v) is 5.41. The number of aliphatic hydroxyl groups excluding tert-OH is 3. The fourth-order valence-electron chi connectivity index (χ4n) is 1.84. The molecule has 4 heteroatoms. The Kier molecular flexibility index (Phi) is 4.81. The van der Waals surface area contributed by atoms with Crippen molar-refractivity contribution in [2.45, 2.75) is 44.5 Å². The number of β-amino-alcohol motifs (C(OH)–C–C–N with tert-alkyl or cyclic N) is 2. The first-order valence-electron chi connectivity index (χ1n) is 5.41. The third-order valence-corrected chi connectivity index (χ3v) is 2.76. The number of hydrogen-bond donors (Lipinski definition) is 3. The van der Waals surface area contributed by atoms with Crippen molar-refractivity contribution in [1.82, 2.24) is 4.90 Å². The minimum atomic E-state index is -0.975. The van der Waals surface area contributed by atoms with Gasteiger partial charge in [0.25, 0.3) is 0 Å². The molecule has 3 N–H and O–H groups in total. The highest BCUT2D eigenvalue weighted by molar-refractivity contribution is 4.86. The van der Waals surface area contributed by atoms with Crippen LogP contribution in [-0.2, 0) is 0 Å². The van der Waals surface area contributed by atoms with Gasteiger partial charge in [-0.25, -0.2) is 0 Å². The van der Waals surface area contributed by atoms with Gasteiger partial charge >= 0.3 is 0 Å². The molecule has 1 unspecified atom stereocenters. The van der Waals surface area contributed by atoms with Crippen LogP contribution >= 0.6 is 0 Å². The summed E-state index contributed by atoms with van der Waals surface area (Å²) < 4.78 is 0. The molecule has 0 radical (unpaired) electrons. The topological polar surface area (TPSA) is 63.9 Å². The van der Waals surface area contributed by atoms with Crippen molar-refractivity contribution in [1.29, 1.82) is 0 Å². The van der Waals surface area contributed by atoms with Gasteiger partial charge < -0.3 is 15.3 Å². The predicted molar refractivity (Wildman–Crippen MR) is 54.0 cm³/mol. The monoisotopic (exact) mass is 203 g/mol. The molecule has 4 nitrogen and oxygen atoms in total. The molecule has 0 spiro atoms. The van der Waals surface area contributed by atoms with Gasteiger partial charge in [-0.1, -0.05) is 19.8 Å². The average molecular weight is 203 g/mol. The molecule has 1 saturated heterocycles. The molecule has 1 heterocycles. The van der Waals surface area contributed by atoms with Crippen molar-refractivity contribution < 1.29 is 15.3 Å². The number of nitrogens with zero attached hydrogens (tertiary/aromatic N) is 1. The van der Waals surface area contributed by atoms with Crippen LogP contribution in [0.4, 0.5) is 0 Å². The standard InChI is InChI=1S/C10H21NO3/c1-2-3-4-5-11-6-8(12)10(14)9(13)7-11/h8-10,12-14H,2-7H2,1H3/t8-,9+,10?. The Balaban J connectivity index is 2.27. The molecule has 0 aromatic heterocycles. The fourth-order valence-corrected chi connectivity index (χ4v) is 1.84. The highest BCUT2D eigenvalue weighted by Gasteiger charge is 2.32. The normalized spacial score (nSPS) is 34.7. The van der Waals surface area contributed by atoms with Crippen LogP contribution in [0, 0.1) is 0 Å². The van der Waals surface area contributed by atoms with E-state index in [0.29, 0.717) is 13.1 Å². The zero-order valence-corrected chi connectivity index (χ0v) is 8.76. The van der Waals surface area contributed by atoms with Crippen LogP contribution in [-0.4, -0.2) is 58.2 Å². The number of likely N-dealkylation sites (tertiary alicyclic amines) is 1. The molecular formula is C10H21NO3. The summed E-state index contributed by atoms with van der Waals surface area (Å²) in [6.07, 6.45) is 0.844. The summed E-state index contributed by atoms with van der Waals surface area (Å²) in [5.41, 5.74) is 0. The lowest BCUT2D eigenvalue weighted by Crippen LogP contribution is -2.55. The van der Waals surface area contributed by atoms with Crippen molar-refractivity contribution in [3.05, 3.63) is 0 Å². The highest BCUT2D eigenvalue weighted by atomic mass is 16.4. The molecule has 84 valence electrons. The molecule has 0 aromatic carbocycles. The third-order valence-electron chi connectivity index (χ3n) is 2.76. The lowest BCUT2D eigenvalue weighted by molar-refractivity contribution is -0.109. The summed E-state index contributed by atoms with van der Waals surface area (Å²) in [7, 11) is 0. The van der Waals surface area contributed by atoms with E-state index in [-0.39, 0.29) is 0 Å². The summed E-state index contributed by atoms with van der Waals surface area (Å²) in [5.74, 6) is 0. The largest absolute Gasteiger partial charge is 0.389 e. The van der Waals surface area contributed by atoms with Crippen LogP contribution in [0.15, 0.2) is 0 Å². The Labute approximate surface area is 85.2 Å². The quantitative estimate of drug-likeness (QED) is 0.543. The maximum atomic E-state index is 9.42. The van der Waals surface area contributed by atoms with Gasteiger partial charge in [0, 0.05) is 13.1 Å². The Bertz CT molecular complexity index is 153. The van der Waals surface area contributed by atoms with E-state index in [2.05, 4.69) is 6.92 Å². The lowest BCUT2D eigenvalue weighted by atomic mass is 10.0. The molecular weight excluding hydrogens is 182 g/mol. The van der Waals surface area contributed by atoms with Crippen molar-refractivity contribution >= 4 is 0 Å². The van der Waals surface area contributed by atoms with E-state index < -0.39 is 18.3 Å². The molecule has 0 bridgehead atoms. The minimum absolute atomic E-state index is 0.474. The summed E-state index contributed by atoms with van der Waals surface area (Å²) in [6.45, 7) is 3.99. The summed E-state index contributed by atoms with van der Waals surface area (Å²) in [4.78, 5) is 2.01. The second kappa shape index (κ2) is 5.66. The van der Waals surface area contributed by atoms with Crippen LogP contribution < -0.4 is 0 Å². The fraction of sp³-hybridized carbons (Fsp3) is 1.00. The van der Waals surface area contributed by atoms with E-state index in [4.69, 9.17) is 0 Å². The van der Waals surface area contributed by atoms with Gasteiger partial charge in [0.1, 0.15) is 6.10 Å². The molecule has 1 aliphatic rings. The number of rotatable bonds is 4. The van der Waals surface area contributed by atoms with Crippen LogP contribution in [0.3, 0.4) is 0 Å². The molecule has 0 aromatic rings. The number of aliphatic hydroxyl groups is 3. The van der Waals surface area contributed by atoms with Crippen LogP contribution in [0.2, 0.25) is 0 Å². The van der Waals surface area contributed by atoms with Crippen LogP contribution in [0.1, 0.15) is 26.2 Å². The minimum Gasteiger partial charge on any atom is -0.389 e. The average Bonchev–Trinajstić information content (AvgIpc) is 2.14. The lowest BCUT2D eigenvalue weighted by Gasteiger charge is -2.36. The molecule has 3 atom stereocenters. The van der Waals surface area contributed by atoms with E-state index in [9.17, 15) is 15.3 Å². The third kappa shape index (κ3) is 3.20. The maximum absolute atomic E-state index is 9.42. The van der Waals surface area contributed by atoms with Gasteiger partial charge in [-0.2, -0.15) is 0 Å². The molecule has 0 aliphatic carbocycles. The maximum Gasteiger partial charge on any atom is 0.108 e. The van der Waals surface area contributed by atoms with E-state index >= 15 is 0 Å². The van der Waals surface area contributed by atoms with E-state index in [1.807, 2.05) is 4.90 Å². The molecule has 0 amide bonds. The van der Waals surface area contributed by atoms with E-state index in [1.165, 1.54) is 12.8 Å².